The van der Waals surface area contributed by atoms with Crippen LogP contribution in [0.1, 0.15) is 23.6 Å². The number of nitrogens with zero attached hydrogens (tertiary/aromatic N) is 1. The zero-order valence-corrected chi connectivity index (χ0v) is 12.2. The second-order valence-corrected chi connectivity index (χ2v) is 5.54. The van der Waals surface area contributed by atoms with Crippen molar-refractivity contribution in [2.75, 3.05) is 26.2 Å². The van der Waals surface area contributed by atoms with Crippen molar-refractivity contribution in [1.29, 1.82) is 0 Å². The molecule has 1 heterocycles. The van der Waals surface area contributed by atoms with E-state index in [2.05, 4.69) is 40.5 Å². The Morgan fingerprint density at radius 3 is 2.33 bits per heavy atom. The number of aromatic hydroxyl groups is 1. The van der Waals surface area contributed by atoms with Crippen LogP contribution in [0.5, 0.6) is 5.75 Å². The summed E-state index contributed by atoms with van der Waals surface area (Å²) in [4.78, 5) is 2.53. The predicted octanol–water partition coefficient (Wildman–Crippen LogP) is 2.78. The van der Waals surface area contributed by atoms with E-state index in [0.717, 1.165) is 26.2 Å². The summed E-state index contributed by atoms with van der Waals surface area (Å²) in [5.41, 5.74) is 2.55. The average molecular weight is 282 g/mol. The summed E-state index contributed by atoms with van der Waals surface area (Å²) in [6.07, 6.45) is 1.17. The van der Waals surface area contributed by atoms with Gasteiger partial charge in [0.05, 0.1) is 6.04 Å². The third kappa shape index (κ3) is 3.43. The smallest absolute Gasteiger partial charge is 0.115 e. The quantitative estimate of drug-likeness (QED) is 0.908. The highest BCUT2D eigenvalue weighted by Gasteiger charge is 2.22. The minimum absolute atomic E-state index is 0.256. The predicted molar refractivity (Wildman–Crippen MR) is 85.5 cm³/mol. The van der Waals surface area contributed by atoms with Gasteiger partial charge in [0.25, 0.3) is 0 Å². The number of hydrogen-bond acceptors (Lipinski definition) is 3. The van der Waals surface area contributed by atoms with E-state index in [1.54, 1.807) is 12.1 Å². The van der Waals surface area contributed by atoms with Crippen molar-refractivity contribution in [3.8, 4) is 5.75 Å². The first kappa shape index (κ1) is 14.1. The van der Waals surface area contributed by atoms with Crippen LogP contribution in [0, 0.1) is 0 Å². The van der Waals surface area contributed by atoms with Crippen molar-refractivity contribution >= 4 is 0 Å². The number of nitrogens with one attached hydrogen (secondary N) is 1. The maximum atomic E-state index is 9.54. The number of hydrogen-bond donors (Lipinski definition) is 2. The maximum absolute atomic E-state index is 9.54. The third-order valence-electron chi connectivity index (χ3n) is 4.06. The molecule has 0 aromatic heterocycles. The number of phenolic OH excluding ortho intramolecular Hbond substituents is 1. The van der Waals surface area contributed by atoms with Crippen molar-refractivity contribution < 1.29 is 5.11 Å². The summed E-state index contributed by atoms with van der Waals surface area (Å²) in [5, 5.41) is 13.0. The van der Waals surface area contributed by atoms with Gasteiger partial charge in [-0.1, -0.05) is 42.5 Å². The molecule has 110 valence electrons. The van der Waals surface area contributed by atoms with Crippen molar-refractivity contribution in [3.05, 3.63) is 65.7 Å². The van der Waals surface area contributed by atoms with Gasteiger partial charge in [-0.05, 0) is 36.2 Å². The van der Waals surface area contributed by atoms with Gasteiger partial charge in [-0.3, -0.25) is 4.90 Å². The fourth-order valence-electron chi connectivity index (χ4n) is 3.03. The fraction of sp³-hybridized carbons (Fsp3) is 0.333. The lowest BCUT2D eigenvalue weighted by Gasteiger charge is -2.31. The van der Waals surface area contributed by atoms with Crippen LogP contribution in [0.15, 0.2) is 54.6 Å². The van der Waals surface area contributed by atoms with Crippen LogP contribution >= 0.6 is 0 Å². The van der Waals surface area contributed by atoms with E-state index in [1.165, 1.54) is 17.5 Å². The molecule has 1 saturated heterocycles. The Bertz CT molecular complexity index is 545. The zero-order chi connectivity index (χ0) is 14.5. The normalized spacial score (nSPS) is 18.1. The summed E-state index contributed by atoms with van der Waals surface area (Å²) in [7, 11) is 0. The highest BCUT2D eigenvalue weighted by molar-refractivity contribution is 5.35. The molecule has 1 fully saturated rings. The molecule has 2 aromatic carbocycles. The first-order valence-corrected chi connectivity index (χ1v) is 7.63. The largest absolute Gasteiger partial charge is 0.508 e. The lowest BCUT2D eigenvalue weighted by atomic mass is 9.96. The molecular weight excluding hydrogens is 260 g/mol. The van der Waals surface area contributed by atoms with Crippen LogP contribution in [-0.2, 0) is 0 Å². The fourth-order valence-corrected chi connectivity index (χ4v) is 3.03. The second kappa shape index (κ2) is 6.74. The molecule has 1 aliphatic rings. The summed E-state index contributed by atoms with van der Waals surface area (Å²) in [6, 6.07) is 18.5. The molecule has 1 aliphatic heterocycles. The topological polar surface area (TPSA) is 35.5 Å². The molecule has 3 rings (SSSR count). The van der Waals surface area contributed by atoms with Crippen molar-refractivity contribution in [2.45, 2.75) is 12.5 Å². The summed E-state index contributed by atoms with van der Waals surface area (Å²) in [5.74, 6) is 0.322. The van der Waals surface area contributed by atoms with E-state index >= 15 is 0 Å². The van der Waals surface area contributed by atoms with Gasteiger partial charge in [-0.25, -0.2) is 0 Å². The van der Waals surface area contributed by atoms with E-state index in [9.17, 15) is 5.11 Å². The average Bonchev–Trinajstić information content (AvgIpc) is 2.80. The number of rotatable bonds is 3. The first-order valence-electron chi connectivity index (χ1n) is 7.63. The van der Waals surface area contributed by atoms with Crippen LogP contribution in [0.2, 0.25) is 0 Å². The third-order valence-corrected chi connectivity index (χ3v) is 4.06. The van der Waals surface area contributed by atoms with E-state index < -0.39 is 0 Å². The van der Waals surface area contributed by atoms with Crippen LogP contribution in [-0.4, -0.2) is 36.2 Å². The van der Waals surface area contributed by atoms with Crippen LogP contribution in [0.3, 0.4) is 0 Å². The lowest BCUT2D eigenvalue weighted by molar-refractivity contribution is 0.241. The molecule has 0 bridgehead atoms. The Labute approximate surface area is 126 Å². The summed E-state index contributed by atoms with van der Waals surface area (Å²) in [6.45, 7) is 4.25. The lowest BCUT2D eigenvalue weighted by Crippen LogP contribution is -2.33. The molecule has 0 saturated carbocycles. The van der Waals surface area contributed by atoms with Gasteiger partial charge in [0.2, 0.25) is 0 Å². The van der Waals surface area contributed by atoms with Gasteiger partial charge in [0.15, 0.2) is 0 Å². The molecule has 3 heteroatoms. The Morgan fingerprint density at radius 2 is 1.57 bits per heavy atom. The van der Waals surface area contributed by atoms with Gasteiger partial charge < -0.3 is 10.4 Å². The van der Waals surface area contributed by atoms with Gasteiger partial charge in [-0.2, -0.15) is 0 Å². The minimum Gasteiger partial charge on any atom is -0.508 e. The minimum atomic E-state index is 0.256. The Balaban J connectivity index is 1.95. The Kier molecular flexibility index (Phi) is 4.53. The summed E-state index contributed by atoms with van der Waals surface area (Å²) >= 11 is 0. The zero-order valence-electron chi connectivity index (χ0n) is 12.2. The molecule has 0 amide bonds. The Morgan fingerprint density at radius 1 is 0.857 bits per heavy atom. The summed E-state index contributed by atoms with van der Waals surface area (Å²) < 4.78 is 0. The SMILES string of the molecule is Oc1ccc(C(c2ccccc2)N2CCCNCC2)cc1. The molecular formula is C18H22N2O. The highest BCUT2D eigenvalue weighted by atomic mass is 16.3. The molecule has 1 unspecified atom stereocenters. The van der Waals surface area contributed by atoms with Crippen molar-refractivity contribution in [3.63, 3.8) is 0 Å². The van der Waals surface area contributed by atoms with Gasteiger partial charge >= 0.3 is 0 Å². The molecule has 1 atom stereocenters. The second-order valence-electron chi connectivity index (χ2n) is 5.54. The molecule has 0 radical (unpaired) electrons. The van der Waals surface area contributed by atoms with E-state index in [1.807, 2.05) is 12.1 Å². The molecule has 0 aliphatic carbocycles. The monoisotopic (exact) mass is 282 g/mol. The van der Waals surface area contributed by atoms with E-state index in [0.29, 0.717) is 5.75 Å². The number of benzene rings is 2. The standard InChI is InChI=1S/C18H22N2O/c21-17-9-7-16(8-10-17)18(15-5-2-1-3-6-15)20-13-4-11-19-12-14-20/h1-3,5-10,18-19,21H,4,11-14H2. The van der Waals surface area contributed by atoms with E-state index in [-0.39, 0.29) is 6.04 Å². The first-order chi connectivity index (χ1) is 10.3. The van der Waals surface area contributed by atoms with Gasteiger partial charge in [-0.15, -0.1) is 0 Å². The van der Waals surface area contributed by atoms with Gasteiger partial charge in [0.1, 0.15) is 5.75 Å². The molecule has 21 heavy (non-hydrogen) atoms. The van der Waals surface area contributed by atoms with Crippen LogP contribution in [0.25, 0.3) is 0 Å². The molecule has 0 spiro atoms. The Hall–Kier alpha value is -1.84. The van der Waals surface area contributed by atoms with Crippen molar-refractivity contribution in [2.24, 2.45) is 0 Å². The molecule has 2 aromatic rings. The highest BCUT2D eigenvalue weighted by Crippen LogP contribution is 2.30. The van der Waals surface area contributed by atoms with Crippen LogP contribution in [0.4, 0.5) is 0 Å². The number of phenols is 1. The maximum Gasteiger partial charge on any atom is 0.115 e. The molecule has 2 N–H and O–H groups in total. The van der Waals surface area contributed by atoms with Crippen molar-refractivity contribution in [1.82, 2.24) is 10.2 Å². The molecule has 3 nitrogen and oxygen atoms in total. The van der Waals surface area contributed by atoms with Crippen LogP contribution < -0.4 is 5.32 Å². The van der Waals surface area contributed by atoms with Gasteiger partial charge in [0, 0.05) is 19.6 Å². The van der Waals surface area contributed by atoms with E-state index in [4.69, 9.17) is 0 Å².